The molecule has 2 nitrogen and oxygen atoms in total. The molecule has 2 rings (SSSR count). The largest absolute Gasteiger partial charge is 0.506 e. The standard InChI is InChI=1S/C11H14BrClO.C6H4BrClO.C5H11I/c1-11(2,3)7-14-10-5-4-8(12)6-9(10)13;7-4-1-2-6(9)5(8)3-4;1-5(2,3)4-6/h4-6H,7H2,1-3H3;1-3,9H;4H2,1-3H3. The van der Waals surface area contributed by atoms with E-state index in [-0.39, 0.29) is 11.2 Å². The summed E-state index contributed by atoms with van der Waals surface area (Å²) in [6, 6.07) is 10.5. The van der Waals surface area contributed by atoms with E-state index in [4.69, 9.17) is 33.0 Å². The van der Waals surface area contributed by atoms with Crippen molar-refractivity contribution in [3.05, 3.63) is 55.4 Å². The van der Waals surface area contributed by atoms with Crippen LogP contribution in [0, 0.1) is 10.8 Å². The molecular formula is C22H29Br2Cl2IO2. The van der Waals surface area contributed by atoms with Gasteiger partial charge in [-0.15, -0.1) is 0 Å². The molecule has 0 spiro atoms. The van der Waals surface area contributed by atoms with Gasteiger partial charge in [0.2, 0.25) is 0 Å². The lowest BCUT2D eigenvalue weighted by molar-refractivity contribution is 0.198. The number of phenols is 1. The van der Waals surface area contributed by atoms with Crippen LogP contribution in [-0.2, 0) is 0 Å². The summed E-state index contributed by atoms with van der Waals surface area (Å²) in [7, 11) is 0. The van der Waals surface area contributed by atoms with Crippen LogP contribution in [0.4, 0.5) is 0 Å². The van der Waals surface area contributed by atoms with Gasteiger partial charge in [-0.2, -0.15) is 0 Å². The summed E-state index contributed by atoms with van der Waals surface area (Å²) in [5, 5.41) is 9.90. The second-order valence-corrected chi connectivity index (χ2v) is 12.1. The minimum atomic E-state index is 0.111. The van der Waals surface area contributed by atoms with Gasteiger partial charge in [0, 0.05) is 13.4 Å². The van der Waals surface area contributed by atoms with Crippen molar-refractivity contribution >= 4 is 77.7 Å². The van der Waals surface area contributed by atoms with E-state index in [1.165, 1.54) is 10.5 Å². The van der Waals surface area contributed by atoms with E-state index in [0.717, 1.165) is 14.7 Å². The molecule has 0 amide bonds. The lowest BCUT2D eigenvalue weighted by atomic mass is 9.99. The molecule has 0 fully saturated rings. The zero-order valence-electron chi connectivity index (χ0n) is 17.6. The Bertz CT molecular complexity index is 757. The molecule has 29 heavy (non-hydrogen) atoms. The maximum Gasteiger partial charge on any atom is 0.137 e. The van der Waals surface area contributed by atoms with Crippen LogP contribution in [0.2, 0.25) is 10.0 Å². The summed E-state index contributed by atoms with van der Waals surface area (Å²) >= 11 is 20.5. The number of ether oxygens (including phenoxy) is 1. The summed E-state index contributed by atoms with van der Waals surface area (Å²) in [5.74, 6) is 0.852. The highest BCUT2D eigenvalue weighted by Crippen LogP contribution is 2.29. The Labute approximate surface area is 216 Å². The van der Waals surface area contributed by atoms with E-state index in [0.29, 0.717) is 22.1 Å². The maximum atomic E-state index is 8.89. The first-order chi connectivity index (χ1) is 13.1. The maximum absolute atomic E-state index is 8.89. The number of benzene rings is 2. The molecule has 0 bridgehead atoms. The molecule has 0 aromatic heterocycles. The van der Waals surface area contributed by atoms with Gasteiger partial charge in [-0.05, 0) is 47.2 Å². The zero-order valence-corrected chi connectivity index (χ0v) is 24.5. The van der Waals surface area contributed by atoms with Gasteiger partial charge in [0.15, 0.2) is 0 Å². The van der Waals surface area contributed by atoms with Crippen molar-refractivity contribution in [2.45, 2.75) is 41.5 Å². The summed E-state index contributed by atoms with van der Waals surface area (Å²) in [5.41, 5.74) is 0.678. The predicted molar refractivity (Wildman–Crippen MR) is 143 cm³/mol. The van der Waals surface area contributed by atoms with Crippen molar-refractivity contribution in [2.75, 3.05) is 11.0 Å². The van der Waals surface area contributed by atoms with Crippen molar-refractivity contribution in [3.63, 3.8) is 0 Å². The van der Waals surface area contributed by atoms with Crippen LogP contribution in [0.3, 0.4) is 0 Å². The van der Waals surface area contributed by atoms with Gasteiger partial charge in [-0.25, -0.2) is 0 Å². The number of halogens is 5. The smallest absolute Gasteiger partial charge is 0.137 e. The van der Waals surface area contributed by atoms with Gasteiger partial charge < -0.3 is 9.84 Å². The van der Waals surface area contributed by atoms with E-state index < -0.39 is 0 Å². The normalized spacial score (nSPS) is 11.0. The molecule has 2 aromatic carbocycles. The highest BCUT2D eigenvalue weighted by Gasteiger charge is 2.12. The molecule has 2 aromatic rings. The number of rotatable bonds is 2. The first kappa shape index (κ1) is 29.3. The van der Waals surface area contributed by atoms with Gasteiger partial charge in [-0.1, -0.05) is 119 Å². The van der Waals surface area contributed by atoms with Gasteiger partial charge >= 0.3 is 0 Å². The van der Waals surface area contributed by atoms with E-state index in [1.807, 2.05) is 18.2 Å². The van der Waals surface area contributed by atoms with Crippen molar-refractivity contribution in [1.29, 1.82) is 0 Å². The second-order valence-electron chi connectivity index (χ2n) is 8.71. The summed E-state index contributed by atoms with van der Waals surface area (Å²) in [4.78, 5) is 0. The number of aromatic hydroxyl groups is 1. The van der Waals surface area contributed by atoms with Gasteiger partial charge in [-0.3, -0.25) is 0 Å². The Kier molecular flexibility index (Phi) is 13.8. The molecule has 0 aliphatic rings. The third kappa shape index (κ3) is 15.7. The first-order valence-electron chi connectivity index (χ1n) is 8.92. The molecule has 0 heterocycles. The molecule has 0 saturated carbocycles. The van der Waals surface area contributed by atoms with Crippen LogP contribution >= 0.6 is 77.7 Å². The summed E-state index contributed by atoms with van der Waals surface area (Å²) in [6.07, 6.45) is 0. The lowest BCUT2D eigenvalue weighted by Crippen LogP contribution is -2.16. The summed E-state index contributed by atoms with van der Waals surface area (Å²) in [6.45, 7) is 13.7. The molecule has 7 heteroatoms. The minimum Gasteiger partial charge on any atom is -0.506 e. The number of alkyl halides is 1. The van der Waals surface area contributed by atoms with Crippen LogP contribution in [0.25, 0.3) is 0 Å². The van der Waals surface area contributed by atoms with Crippen molar-refractivity contribution < 1.29 is 9.84 Å². The fraction of sp³-hybridized carbons (Fsp3) is 0.455. The Balaban J connectivity index is 0.000000448. The molecule has 0 aliphatic carbocycles. The molecule has 0 unspecified atom stereocenters. The second kappa shape index (κ2) is 13.7. The Morgan fingerprint density at radius 2 is 1.31 bits per heavy atom. The predicted octanol–water partition coefficient (Wildman–Crippen LogP) is 9.80. The zero-order chi connectivity index (χ0) is 22.8. The molecule has 0 saturated heterocycles. The van der Waals surface area contributed by atoms with Crippen LogP contribution in [0.1, 0.15) is 41.5 Å². The SMILES string of the molecule is CC(C)(C)CI.CC(C)(C)COc1ccc(Br)cc1Cl.Oc1ccc(Br)cc1Cl. The van der Waals surface area contributed by atoms with Crippen molar-refractivity contribution in [2.24, 2.45) is 10.8 Å². The molecular weight excluding hydrogens is 654 g/mol. The van der Waals surface area contributed by atoms with E-state index in [2.05, 4.69) is 96.0 Å². The Morgan fingerprint density at radius 1 is 0.862 bits per heavy atom. The van der Waals surface area contributed by atoms with Gasteiger partial charge in [0.05, 0.1) is 16.7 Å². The molecule has 1 N–H and O–H groups in total. The van der Waals surface area contributed by atoms with Crippen molar-refractivity contribution in [3.8, 4) is 11.5 Å². The van der Waals surface area contributed by atoms with E-state index >= 15 is 0 Å². The Hall–Kier alpha value is 0.310. The average molecular weight is 683 g/mol. The Morgan fingerprint density at radius 3 is 1.66 bits per heavy atom. The number of hydrogen-bond donors (Lipinski definition) is 1. The fourth-order valence-electron chi connectivity index (χ4n) is 1.37. The van der Waals surface area contributed by atoms with Crippen LogP contribution in [-0.4, -0.2) is 16.1 Å². The van der Waals surface area contributed by atoms with Crippen LogP contribution in [0.5, 0.6) is 11.5 Å². The van der Waals surface area contributed by atoms with E-state index in [1.54, 1.807) is 12.1 Å². The molecule has 0 atom stereocenters. The van der Waals surface area contributed by atoms with Gasteiger partial charge in [0.25, 0.3) is 0 Å². The molecule has 0 aliphatic heterocycles. The third-order valence-corrected chi connectivity index (χ3v) is 6.74. The van der Waals surface area contributed by atoms with Gasteiger partial charge in [0.1, 0.15) is 11.5 Å². The summed E-state index contributed by atoms with van der Waals surface area (Å²) < 4.78 is 8.67. The quantitative estimate of drug-likeness (QED) is 0.253. The van der Waals surface area contributed by atoms with E-state index in [9.17, 15) is 0 Å². The fourth-order valence-corrected chi connectivity index (χ4v) is 2.77. The molecule has 0 radical (unpaired) electrons. The van der Waals surface area contributed by atoms with Crippen LogP contribution < -0.4 is 4.74 Å². The topological polar surface area (TPSA) is 29.5 Å². The highest BCUT2D eigenvalue weighted by molar-refractivity contribution is 14.1. The average Bonchev–Trinajstić information content (AvgIpc) is 2.57. The van der Waals surface area contributed by atoms with Crippen LogP contribution in [0.15, 0.2) is 45.3 Å². The monoisotopic (exact) mass is 680 g/mol. The minimum absolute atomic E-state index is 0.111. The highest BCUT2D eigenvalue weighted by atomic mass is 127. The molecule has 164 valence electrons. The number of hydrogen-bond acceptors (Lipinski definition) is 2. The third-order valence-electron chi connectivity index (χ3n) is 2.87. The first-order valence-corrected chi connectivity index (χ1v) is 12.8. The van der Waals surface area contributed by atoms with Crippen molar-refractivity contribution in [1.82, 2.24) is 0 Å². The number of phenolic OH excluding ortho intramolecular Hbond substituents is 1. The lowest BCUT2D eigenvalue weighted by Gasteiger charge is -2.19.